The molecule has 3 N–H and O–H groups in total. The van der Waals surface area contributed by atoms with E-state index in [2.05, 4.69) is 9.97 Å². The van der Waals surface area contributed by atoms with Crippen LogP contribution in [0.4, 0.5) is 0 Å². The molecule has 90 valence electrons. The predicted octanol–water partition coefficient (Wildman–Crippen LogP) is -1.51. The van der Waals surface area contributed by atoms with Crippen molar-refractivity contribution in [3.8, 4) is 0 Å². The summed E-state index contributed by atoms with van der Waals surface area (Å²) in [7, 11) is 0. The van der Waals surface area contributed by atoms with Crippen LogP contribution in [0, 0.1) is 0 Å². The summed E-state index contributed by atoms with van der Waals surface area (Å²) in [5.41, 5.74) is 4.88. The maximum atomic E-state index is 11.8. The number of carbonyl (C=O) groups is 3. The maximum Gasteiger partial charge on any atom is 0.323 e. The van der Waals surface area contributed by atoms with E-state index in [1.165, 1.54) is 18.6 Å². The van der Waals surface area contributed by atoms with E-state index in [0.29, 0.717) is 0 Å². The molecule has 0 aliphatic heterocycles. The molecule has 0 saturated heterocycles. The third-order valence-electron chi connectivity index (χ3n) is 1.74. The highest BCUT2D eigenvalue weighted by molar-refractivity contribution is 5.96. The molecular weight excluding hydrogens is 228 g/mol. The Balaban J connectivity index is 2.86. The molecule has 0 atom stereocenters. The molecule has 0 bridgehead atoms. The molecule has 8 heteroatoms. The first-order valence-corrected chi connectivity index (χ1v) is 4.56. The summed E-state index contributed by atoms with van der Waals surface area (Å²) >= 11 is 0. The topological polar surface area (TPSA) is 126 Å². The van der Waals surface area contributed by atoms with Crippen LogP contribution in [0.3, 0.4) is 0 Å². The minimum absolute atomic E-state index is 0.0463. The third-order valence-corrected chi connectivity index (χ3v) is 1.74. The molecule has 0 aromatic carbocycles. The highest BCUT2D eigenvalue weighted by Gasteiger charge is 2.21. The summed E-state index contributed by atoms with van der Waals surface area (Å²) in [6.07, 6.45) is 3.83. The smallest absolute Gasteiger partial charge is 0.323 e. The number of nitrogens with two attached hydrogens (primary N) is 1. The Morgan fingerprint density at radius 3 is 2.47 bits per heavy atom. The van der Waals surface area contributed by atoms with Gasteiger partial charge >= 0.3 is 5.97 Å². The largest absolute Gasteiger partial charge is 0.480 e. The molecule has 0 saturated carbocycles. The first-order valence-electron chi connectivity index (χ1n) is 4.56. The molecule has 0 spiro atoms. The monoisotopic (exact) mass is 238 g/mol. The van der Waals surface area contributed by atoms with Gasteiger partial charge in [0.2, 0.25) is 5.91 Å². The number of aromatic nitrogens is 2. The fraction of sp³-hybridized carbons (Fsp3) is 0.222. The van der Waals surface area contributed by atoms with Crippen molar-refractivity contribution >= 4 is 17.8 Å². The van der Waals surface area contributed by atoms with Crippen LogP contribution >= 0.6 is 0 Å². The molecule has 0 aliphatic rings. The van der Waals surface area contributed by atoms with Crippen molar-refractivity contribution in [1.29, 1.82) is 0 Å². The van der Waals surface area contributed by atoms with Crippen LogP contribution in [0.1, 0.15) is 10.5 Å². The van der Waals surface area contributed by atoms with E-state index >= 15 is 0 Å². The van der Waals surface area contributed by atoms with Crippen LogP contribution in [0.5, 0.6) is 0 Å². The van der Waals surface area contributed by atoms with E-state index in [4.69, 9.17) is 10.8 Å². The molecule has 1 aromatic rings. The zero-order valence-electron chi connectivity index (χ0n) is 8.74. The van der Waals surface area contributed by atoms with Gasteiger partial charge in [-0.15, -0.1) is 0 Å². The second kappa shape index (κ2) is 5.54. The number of rotatable bonds is 5. The summed E-state index contributed by atoms with van der Waals surface area (Å²) in [6, 6.07) is 0. The lowest BCUT2D eigenvalue weighted by Crippen LogP contribution is -2.41. The minimum atomic E-state index is -1.25. The van der Waals surface area contributed by atoms with Crippen LogP contribution < -0.4 is 5.73 Å². The lowest BCUT2D eigenvalue weighted by atomic mass is 10.3. The molecule has 0 fully saturated rings. The molecule has 17 heavy (non-hydrogen) atoms. The highest BCUT2D eigenvalue weighted by Crippen LogP contribution is 1.99. The van der Waals surface area contributed by atoms with Gasteiger partial charge in [-0.05, 0) is 0 Å². The molecule has 2 amide bonds. The summed E-state index contributed by atoms with van der Waals surface area (Å²) in [6.45, 7) is -1.11. The zero-order chi connectivity index (χ0) is 12.8. The number of nitrogens with zero attached hydrogens (tertiary/aromatic N) is 3. The molecule has 8 nitrogen and oxygen atoms in total. The van der Waals surface area contributed by atoms with Gasteiger partial charge in [0.05, 0.1) is 6.20 Å². The van der Waals surface area contributed by atoms with Crippen molar-refractivity contribution in [1.82, 2.24) is 14.9 Å². The van der Waals surface area contributed by atoms with Crippen molar-refractivity contribution in [3.05, 3.63) is 24.3 Å². The number of hydrogen-bond acceptors (Lipinski definition) is 5. The van der Waals surface area contributed by atoms with Crippen molar-refractivity contribution in [3.63, 3.8) is 0 Å². The summed E-state index contributed by atoms with van der Waals surface area (Å²) in [5, 5.41) is 8.61. The van der Waals surface area contributed by atoms with Gasteiger partial charge in [-0.1, -0.05) is 0 Å². The summed E-state index contributed by atoms with van der Waals surface area (Å²) < 4.78 is 0. The number of carboxylic acids is 1. The molecule has 0 unspecified atom stereocenters. The van der Waals surface area contributed by atoms with Crippen LogP contribution in [-0.2, 0) is 9.59 Å². The number of hydrogen-bond donors (Lipinski definition) is 2. The van der Waals surface area contributed by atoms with Gasteiger partial charge in [-0.2, -0.15) is 0 Å². The average molecular weight is 238 g/mol. The molecule has 1 aromatic heterocycles. The Hall–Kier alpha value is -2.51. The van der Waals surface area contributed by atoms with Gasteiger partial charge in [0, 0.05) is 12.4 Å². The Kier molecular flexibility index (Phi) is 4.09. The SMILES string of the molecule is NC(=O)CN(CC(=O)O)C(=O)c1cnccn1. The highest BCUT2D eigenvalue weighted by atomic mass is 16.4. The van der Waals surface area contributed by atoms with Gasteiger partial charge in [0.1, 0.15) is 18.8 Å². The predicted molar refractivity (Wildman–Crippen MR) is 54.8 cm³/mol. The lowest BCUT2D eigenvalue weighted by molar-refractivity contribution is -0.138. The Labute approximate surface area is 96.1 Å². The first-order chi connectivity index (χ1) is 8.00. The number of amides is 2. The number of aliphatic carboxylic acids is 1. The van der Waals surface area contributed by atoms with Crippen molar-refractivity contribution in [2.75, 3.05) is 13.1 Å². The Morgan fingerprint density at radius 2 is 2.00 bits per heavy atom. The van der Waals surface area contributed by atoms with E-state index in [1.807, 2.05) is 0 Å². The van der Waals surface area contributed by atoms with Gasteiger partial charge in [-0.25, -0.2) is 4.98 Å². The summed E-state index contributed by atoms with van der Waals surface area (Å²) in [4.78, 5) is 41.2. The second-order valence-corrected chi connectivity index (χ2v) is 3.11. The van der Waals surface area contributed by atoms with E-state index in [0.717, 1.165) is 4.90 Å². The molecular formula is C9H10N4O4. The average Bonchev–Trinajstić information content (AvgIpc) is 2.27. The van der Waals surface area contributed by atoms with Crippen molar-refractivity contribution < 1.29 is 19.5 Å². The minimum Gasteiger partial charge on any atom is -0.480 e. The van der Waals surface area contributed by atoms with E-state index in [9.17, 15) is 14.4 Å². The Bertz CT molecular complexity index is 418. The van der Waals surface area contributed by atoms with Gasteiger partial charge in [0.25, 0.3) is 5.91 Å². The standard InChI is InChI=1S/C9H10N4O4/c10-7(14)4-13(5-8(15)16)9(17)6-3-11-1-2-12-6/h1-3H,4-5H2,(H2,10,14)(H,15,16). The zero-order valence-corrected chi connectivity index (χ0v) is 8.74. The summed E-state index contributed by atoms with van der Waals surface area (Å²) in [5.74, 6) is -2.76. The van der Waals surface area contributed by atoms with Gasteiger partial charge in [0.15, 0.2) is 0 Å². The van der Waals surface area contributed by atoms with Crippen LogP contribution in [-0.4, -0.2) is 50.8 Å². The fourth-order valence-electron chi connectivity index (χ4n) is 1.12. The first kappa shape index (κ1) is 12.6. The van der Waals surface area contributed by atoms with E-state index in [-0.39, 0.29) is 5.69 Å². The quantitative estimate of drug-likeness (QED) is 0.642. The molecule has 0 aliphatic carbocycles. The lowest BCUT2D eigenvalue weighted by Gasteiger charge is -2.17. The normalized spacial score (nSPS) is 9.65. The number of primary amides is 1. The molecule has 1 rings (SSSR count). The van der Waals surface area contributed by atoms with Crippen LogP contribution in [0.15, 0.2) is 18.6 Å². The van der Waals surface area contributed by atoms with Gasteiger partial charge < -0.3 is 15.7 Å². The van der Waals surface area contributed by atoms with Crippen LogP contribution in [0.25, 0.3) is 0 Å². The van der Waals surface area contributed by atoms with Crippen molar-refractivity contribution in [2.24, 2.45) is 5.73 Å². The van der Waals surface area contributed by atoms with Gasteiger partial charge in [-0.3, -0.25) is 19.4 Å². The Morgan fingerprint density at radius 1 is 1.29 bits per heavy atom. The number of carbonyl (C=O) groups excluding carboxylic acids is 2. The third kappa shape index (κ3) is 3.86. The molecule has 0 radical (unpaired) electrons. The van der Waals surface area contributed by atoms with Crippen LogP contribution in [0.2, 0.25) is 0 Å². The van der Waals surface area contributed by atoms with Crippen molar-refractivity contribution in [2.45, 2.75) is 0 Å². The molecule has 1 heterocycles. The van der Waals surface area contributed by atoms with E-state index < -0.39 is 30.9 Å². The maximum absolute atomic E-state index is 11.8. The number of carboxylic acid groups (broad SMARTS) is 1. The van der Waals surface area contributed by atoms with E-state index in [1.54, 1.807) is 0 Å². The fourth-order valence-corrected chi connectivity index (χ4v) is 1.12. The second-order valence-electron chi connectivity index (χ2n) is 3.11.